The van der Waals surface area contributed by atoms with Gasteiger partial charge < -0.3 is 14.0 Å². The van der Waals surface area contributed by atoms with E-state index in [1.807, 2.05) is 31.2 Å². The molecule has 32 heavy (non-hydrogen) atoms. The maximum atomic E-state index is 11.5. The molecule has 1 aliphatic heterocycles. The average molecular weight is 437 g/mol. The lowest BCUT2D eigenvalue weighted by atomic mass is 10.1. The van der Waals surface area contributed by atoms with Crippen LogP contribution in [0.15, 0.2) is 53.1 Å². The highest BCUT2D eigenvalue weighted by Gasteiger charge is 2.19. The van der Waals surface area contributed by atoms with Crippen LogP contribution in [-0.4, -0.2) is 72.4 Å². The first-order valence-electron chi connectivity index (χ1n) is 10.8. The van der Waals surface area contributed by atoms with Crippen LogP contribution in [0.5, 0.6) is 5.75 Å². The van der Waals surface area contributed by atoms with E-state index in [-0.39, 0.29) is 5.97 Å². The average Bonchev–Trinajstić information content (AvgIpc) is 3.28. The maximum absolute atomic E-state index is 11.5. The molecule has 0 spiro atoms. The molecule has 2 aromatic carbocycles. The van der Waals surface area contributed by atoms with Crippen LogP contribution in [0, 0.1) is 6.92 Å². The van der Waals surface area contributed by atoms with Crippen LogP contribution < -0.4 is 4.74 Å². The normalized spacial score (nSPS) is 14.9. The standard InChI is InChI=1S/C24H28N4O4/c1-18-5-3-4-6-21(18)23-25-22(32-26-23)17-28-13-11-27(12-14-28)15-16-31-20-9-7-19(8-10-20)24(29)30-2/h3-10H,11-17H2,1-2H3. The van der Waals surface area contributed by atoms with Crippen molar-refractivity contribution in [1.82, 2.24) is 19.9 Å². The van der Waals surface area contributed by atoms with Gasteiger partial charge in [0.05, 0.1) is 19.2 Å². The van der Waals surface area contributed by atoms with Crippen LogP contribution in [-0.2, 0) is 11.3 Å². The van der Waals surface area contributed by atoms with Gasteiger partial charge in [-0.15, -0.1) is 0 Å². The second-order valence-corrected chi connectivity index (χ2v) is 7.81. The Morgan fingerprint density at radius 2 is 1.75 bits per heavy atom. The molecule has 8 nitrogen and oxygen atoms in total. The van der Waals surface area contributed by atoms with Crippen LogP contribution in [0.2, 0.25) is 0 Å². The van der Waals surface area contributed by atoms with Gasteiger partial charge in [0, 0.05) is 38.3 Å². The molecule has 0 unspecified atom stereocenters. The fourth-order valence-corrected chi connectivity index (χ4v) is 3.71. The number of benzene rings is 2. The zero-order valence-electron chi connectivity index (χ0n) is 18.5. The van der Waals surface area contributed by atoms with E-state index in [0.717, 1.165) is 49.6 Å². The molecular formula is C24H28N4O4. The molecule has 1 aromatic heterocycles. The number of piperazine rings is 1. The molecule has 8 heteroatoms. The molecule has 1 saturated heterocycles. The Morgan fingerprint density at radius 3 is 2.47 bits per heavy atom. The predicted octanol–water partition coefficient (Wildman–Crippen LogP) is 3.03. The first-order valence-corrected chi connectivity index (χ1v) is 10.8. The number of hydrogen-bond donors (Lipinski definition) is 0. The minimum absolute atomic E-state index is 0.346. The topological polar surface area (TPSA) is 80.9 Å². The fraction of sp³-hybridized carbons (Fsp3) is 0.375. The highest BCUT2D eigenvalue weighted by atomic mass is 16.5. The summed E-state index contributed by atoms with van der Waals surface area (Å²) in [7, 11) is 1.37. The third-order valence-corrected chi connectivity index (χ3v) is 5.63. The van der Waals surface area contributed by atoms with Gasteiger partial charge in [0.1, 0.15) is 12.4 Å². The Morgan fingerprint density at radius 1 is 1.03 bits per heavy atom. The summed E-state index contributed by atoms with van der Waals surface area (Å²) in [4.78, 5) is 20.8. The predicted molar refractivity (Wildman–Crippen MR) is 119 cm³/mol. The summed E-state index contributed by atoms with van der Waals surface area (Å²) in [6, 6.07) is 15.1. The second-order valence-electron chi connectivity index (χ2n) is 7.81. The van der Waals surface area contributed by atoms with Gasteiger partial charge in [-0.3, -0.25) is 9.80 Å². The maximum Gasteiger partial charge on any atom is 0.337 e. The summed E-state index contributed by atoms with van der Waals surface area (Å²) in [5.74, 6) is 1.70. The summed E-state index contributed by atoms with van der Waals surface area (Å²) in [6.07, 6.45) is 0. The fourth-order valence-electron chi connectivity index (χ4n) is 3.71. The molecule has 0 bridgehead atoms. The SMILES string of the molecule is COC(=O)c1ccc(OCCN2CCN(Cc3nc(-c4ccccc4C)no3)CC2)cc1. The van der Waals surface area contributed by atoms with Crippen LogP contribution >= 0.6 is 0 Å². The Balaban J connectivity index is 1.19. The van der Waals surface area contributed by atoms with Crippen molar-refractivity contribution in [2.45, 2.75) is 13.5 Å². The number of nitrogens with zero attached hydrogens (tertiary/aromatic N) is 4. The summed E-state index contributed by atoms with van der Waals surface area (Å²) in [5.41, 5.74) is 2.66. The van der Waals surface area contributed by atoms with Gasteiger partial charge in [0.2, 0.25) is 11.7 Å². The van der Waals surface area contributed by atoms with E-state index in [1.165, 1.54) is 7.11 Å². The number of hydrogen-bond acceptors (Lipinski definition) is 8. The van der Waals surface area contributed by atoms with Gasteiger partial charge in [-0.05, 0) is 36.8 Å². The summed E-state index contributed by atoms with van der Waals surface area (Å²) < 4.78 is 16.0. The number of aromatic nitrogens is 2. The molecule has 0 saturated carbocycles. The number of rotatable bonds is 8. The van der Waals surface area contributed by atoms with E-state index in [2.05, 4.69) is 19.9 Å². The number of methoxy groups -OCH3 is 1. The summed E-state index contributed by atoms with van der Waals surface area (Å²) >= 11 is 0. The zero-order chi connectivity index (χ0) is 22.3. The lowest BCUT2D eigenvalue weighted by Gasteiger charge is -2.33. The number of esters is 1. The van der Waals surface area contributed by atoms with E-state index < -0.39 is 0 Å². The first kappa shape index (κ1) is 22.0. The Labute approximate surface area is 187 Å². The molecule has 4 rings (SSSR count). The highest BCUT2D eigenvalue weighted by Crippen LogP contribution is 2.20. The van der Waals surface area contributed by atoms with Crippen LogP contribution in [0.4, 0.5) is 0 Å². The number of carbonyl (C=O) groups is 1. The molecule has 0 amide bonds. The van der Waals surface area contributed by atoms with Gasteiger partial charge in [-0.25, -0.2) is 4.79 Å². The molecule has 0 radical (unpaired) electrons. The Hall–Kier alpha value is -3.23. The quantitative estimate of drug-likeness (QED) is 0.499. The van der Waals surface area contributed by atoms with Crippen molar-refractivity contribution in [1.29, 1.82) is 0 Å². The van der Waals surface area contributed by atoms with E-state index in [4.69, 9.17) is 14.0 Å². The molecule has 168 valence electrons. The van der Waals surface area contributed by atoms with Gasteiger partial charge in [0.15, 0.2) is 0 Å². The smallest absolute Gasteiger partial charge is 0.337 e. The van der Waals surface area contributed by atoms with Crippen molar-refractivity contribution in [2.24, 2.45) is 0 Å². The summed E-state index contributed by atoms with van der Waals surface area (Å²) in [5, 5.41) is 4.15. The van der Waals surface area contributed by atoms with Gasteiger partial charge in [-0.1, -0.05) is 29.4 Å². The van der Waals surface area contributed by atoms with Crippen molar-refractivity contribution in [3.8, 4) is 17.1 Å². The molecular weight excluding hydrogens is 408 g/mol. The minimum atomic E-state index is -0.346. The van der Waals surface area contributed by atoms with E-state index in [1.54, 1.807) is 24.3 Å². The van der Waals surface area contributed by atoms with E-state index in [9.17, 15) is 4.79 Å². The largest absolute Gasteiger partial charge is 0.492 e. The summed E-state index contributed by atoms with van der Waals surface area (Å²) in [6.45, 7) is 7.96. The van der Waals surface area contributed by atoms with Crippen molar-refractivity contribution in [3.05, 3.63) is 65.5 Å². The monoisotopic (exact) mass is 436 g/mol. The minimum Gasteiger partial charge on any atom is -0.492 e. The molecule has 1 fully saturated rings. The van der Waals surface area contributed by atoms with Crippen molar-refractivity contribution < 1.29 is 18.8 Å². The lowest BCUT2D eigenvalue weighted by Crippen LogP contribution is -2.47. The van der Waals surface area contributed by atoms with Gasteiger partial charge in [-0.2, -0.15) is 4.98 Å². The van der Waals surface area contributed by atoms with Crippen LogP contribution in [0.25, 0.3) is 11.4 Å². The zero-order valence-corrected chi connectivity index (χ0v) is 18.5. The van der Waals surface area contributed by atoms with Gasteiger partial charge >= 0.3 is 5.97 Å². The molecule has 0 atom stereocenters. The number of aryl methyl sites for hydroxylation is 1. The third-order valence-electron chi connectivity index (χ3n) is 5.63. The van der Waals surface area contributed by atoms with Gasteiger partial charge in [0.25, 0.3) is 0 Å². The van der Waals surface area contributed by atoms with E-state index in [0.29, 0.717) is 30.4 Å². The molecule has 0 N–H and O–H groups in total. The Bertz CT molecular complexity index is 1030. The highest BCUT2D eigenvalue weighted by molar-refractivity contribution is 5.89. The number of carbonyl (C=O) groups excluding carboxylic acids is 1. The molecule has 0 aliphatic carbocycles. The number of ether oxygens (including phenoxy) is 2. The van der Waals surface area contributed by atoms with E-state index >= 15 is 0 Å². The molecule has 2 heterocycles. The second kappa shape index (κ2) is 10.4. The van der Waals surface area contributed by atoms with Crippen LogP contribution in [0.1, 0.15) is 21.8 Å². The van der Waals surface area contributed by atoms with Crippen molar-refractivity contribution >= 4 is 5.97 Å². The molecule has 1 aliphatic rings. The molecule has 3 aromatic rings. The lowest BCUT2D eigenvalue weighted by molar-refractivity contribution is 0.0600. The first-order chi connectivity index (χ1) is 15.6. The third kappa shape index (κ3) is 5.52. The van der Waals surface area contributed by atoms with Crippen molar-refractivity contribution in [3.63, 3.8) is 0 Å². The Kier molecular flexibility index (Phi) is 7.14. The van der Waals surface area contributed by atoms with Crippen molar-refractivity contribution in [2.75, 3.05) is 46.4 Å². The van der Waals surface area contributed by atoms with Crippen LogP contribution in [0.3, 0.4) is 0 Å².